The first-order chi connectivity index (χ1) is 12.2. The molecule has 0 spiro atoms. The Balaban J connectivity index is 1.39. The van der Waals surface area contributed by atoms with Crippen LogP contribution in [-0.4, -0.2) is 34.1 Å². The Kier molecular flexibility index (Phi) is 2.66. The summed E-state index contributed by atoms with van der Waals surface area (Å²) in [7, 11) is 0. The number of allylic oxidation sites excluding steroid dienone is 2. The van der Waals surface area contributed by atoms with Crippen molar-refractivity contribution in [2.75, 3.05) is 0 Å². The van der Waals surface area contributed by atoms with Crippen molar-refractivity contribution in [2.24, 2.45) is 53.3 Å². The summed E-state index contributed by atoms with van der Waals surface area (Å²) in [6.07, 6.45) is 13.5. The molecule has 136 valence electrons. The zero-order valence-electron chi connectivity index (χ0n) is 14.8. The minimum atomic E-state index is -0.498. The fourth-order valence-corrected chi connectivity index (χ4v) is 9.65. The van der Waals surface area contributed by atoms with Crippen LogP contribution in [0.1, 0.15) is 44.9 Å². The molecule has 12 unspecified atom stereocenters. The molecule has 2 aliphatic heterocycles. The maximum absolute atomic E-state index is 10.7. The molecule has 5 aliphatic carbocycles. The molecule has 2 heterocycles. The molecular formula is C22H30O3. The van der Waals surface area contributed by atoms with Crippen LogP contribution in [0.2, 0.25) is 0 Å². The Hall–Kier alpha value is -0.380. The van der Waals surface area contributed by atoms with Gasteiger partial charge < -0.3 is 14.9 Å². The number of hydrogen-bond acceptors (Lipinski definition) is 3. The fourth-order valence-electron chi connectivity index (χ4n) is 9.65. The molecule has 2 saturated heterocycles. The summed E-state index contributed by atoms with van der Waals surface area (Å²) in [5, 5.41) is 21.3. The summed E-state index contributed by atoms with van der Waals surface area (Å²) in [5.41, 5.74) is 0.0329. The molecule has 6 fully saturated rings. The van der Waals surface area contributed by atoms with Crippen LogP contribution in [0, 0.1) is 53.3 Å². The minimum Gasteiger partial charge on any atom is -0.390 e. The molecule has 2 N–H and O–H groups in total. The summed E-state index contributed by atoms with van der Waals surface area (Å²) in [5.74, 6) is 5.21. The van der Waals surface area contributed by atoms with Crippen molar-refractivity contribution in [3.05, 3.63) is 12.2 Å². The Morgan fingerprint density at radius 3 is 2.40 bits per heavy atom. The van der Waals surface area contributed by atoms with Gasteiger partial charge in [0.15, 0.2) is 0 Å². The van der Waals surface area contributed by atoms with Crippen LogP contribution in [0.25, 0.3) is 0 Å². The van der Waals surface area contributed by atoms with Gasteiger partial charge in [-0.25, -0.2) is 0 Å². The minimum absolute atomic E-state index is 0.0329. The van der Waals surface area contributed by atoms with E-state index in [0.717, 1.165) is 18.3 Å². The monoisotopic (exact) mass is 342 g/mol. The van der Waals surface area contributed by atoms with E-state index in [1.54, 1.807) is 0 Å². The average molecular weight is 342 g/mol. The Morgan fingerprint density at radius 2 is 1.56 bits per heavy atom. The van der Waals surface area contributed by atoms with E-state index in [-0.39, 0.29) is 5.60 Å². The molecule has 0 amide bonds. The molecule has 25 heavy (non-hydrogen) atoms. The Labute approximate surface area is 149 Å². The summed E-state index contributed by atoms with van der Waals surface area (Å²) in [6, 6.07) is 0. The summed E-state index contributed by atoms with van der Waals surface area (Å²) >= 11 is 0. The van der Waals surface area contributed by atoms with Crippen LogP contribution in [0.3, 0.4) is 0 Å². The molecule has 7 rings (SSSR count). The maximum Gasteiger partial charge on any atom is 0.0834 e. The SMILES string of the molecule is OC1C(O)C2CC1C1C3OC(C4CCCCC4)(C4C5C=CC(C5)C34)C21. The number of rotatable bonds is 1. The molecule has 0 aromatic heterocycles. The normalized spacial score (nSPS) is 66.6. The molecule has 3 nitrogen and oxygen atoms in total. The van der Waals surface area contributed by atoms with E-state index < -0.39 is 12.2 Å². The van der Waals surface area contributed by atoms with Gasteiger partial charge in [0.05, 0.1) is 23.9 Å². The number of aliphatic hydroxyl groups excluding tert-OH is 2. The lowest BCUT2D eigenvalue weighted by molar-refractivity contribution is -0.131. The van der Waals surface area contributed by atoms with E-state index in [1.165, 1.54) is 38.5 Å². The summed E-state index contributed by atoms with van der Waals surface area (Å²) in [6.45, 7) is 0. The third-order valence-corrected chi connectivity index (χ3v) is 10.0. The molecule has 6 bridgehead atoms. The van der Waals surface area contributed by atoms with E-state index in [0.29, 0.717) is 47.5 Å². The van der Waals surface area contributed by atoms with Gasteiger partial charge in [0.25, 0.3) is 0 Å². The molecular weight excluding hydrogens is 312 g/mol. The second-order valence-corrected chi connectivity index (χ2v) is 10.5. The van der Waals surface area contributed by atoms with Crippen molar-refractivity contribution >= 4 is 0 Å². The van der Waals surface area contributed by atoms with E-state index in [9.17, 15) is 10.2 Å². The smallest absolute Gasteiger partial charge is 0.0834 e. The van der Waals surface area contributed by atoms with Crippen LogP contribution < -0.4 is 0 Å². The zero-order valence-corrected chi connectivity index (χ0v) is 14.8. The highest BCUT2D eigenvalue weighted by molar-refractivity contribution is 5.32. The second kappa shape index (κ2) is 4.54. The Bertz CT molecular complexity index is 639. The van der Waals surface area contributed by atoms with Crippen molar-refractivity contribution in [3.8, 4) is 0 Å². The third-order valence-electron chi connectivity index (χ3n) is 10.0. The highest BCUT2D eigenvalue weighted by atomic mass is 16.5. The maximum atomic E-state index is 10.7. The standard InChI is InChI=1S/C22H30O3/c23-19-13-9-14(20(19)24)18-16(13)21-15-10-6-7-11(8-10)17(15)22(18,25-21)12-4-2-1-3-5-12/h6-7,10-21,23-24H,1-5,8-9H2. The van der Waals surface area contributed by atoms with Gasteiger partial charge in [-0.1, -0.05) is 31.4 Å². The molecule has 7 aliphatic rings. The first-order valence-corrected chi connectivity index (χ1v) is 10.9. The van der Waals surface area contributed by atoms with Gasteiger partial charge in [-0.15, -0.1) is 0 Å². The largest absolute Gasteiger partial charge is 0.390 e. The Morgan fingerprint density at radius 1 is 0.800 bits per heavy atom. The lowest BCUT2D eigenvalue weighted by atomic mass is 9.50. The predicted molar refractivity (Wildman–Crippen MR) is 92.5 cm³/mol. The lowest BCUT2D eigenvalue weighted by Gasteiger charge is -2.53. The summed E-state index contributed by atoms with van der Waals surface area (Å²) in [4.78, 5) is 0. The number of fused-ring (bicyclic) bond motifs is 16. The first kappa shape index (κ1) is 14.6. The van der Waals surface area contributed by atoms with Gasteiger partial charge >= 0.3 is 0 Å². The fraction of sp³-hybridized carbons (Fsp3) is 0.909. The van der Waals surface area contributed by atoms with Crippen LogP contribution in [0.15, 0.2) is 12.2 Å². The van der Waals surface area contributed by atoms with Crippen LogP contribution in [0.5, 0.6) is 0 Å². The van der Waals surface area contributed by atoms with E-state index >= 15 is 0 Å². The van der Waals surface area contributed by atoms with Crippen LogP contribution >= 0.6 is 0 Å². The second-order valence-electron chi connectivity index (χ2n) is 10.5. The van der Waals surface area contributed by atoms with Crippen molar-refractivity contribution in [1.82, 2.24) is 0 Å². The topological polar surface area (TPSA) is 49.7 Å². The van der Waals surface area contributed by atoms with Crippen LogP contribution in [0.4, 0.5) is 0 Å². The van der Waals surface area contributed by atoms with Gasteiger partial charge in [0, 0.05) is 5.92 Å². The van der Waals surface area contributed by atoms with Crippen molar-refractivity contribution < 1.29 is 14.9 Å². The number of aliphatic hydroxyl groups is 2. The summed E-state index contributed by atoms with van der Waals surface area (Å²) < 4.78 is 7.13. The van der Waals surface area contributed by atoms with Crippen molar-refractivity contribution in [2.45, 2.75) is 68.9 Å². The molecule has 4 saturated carbocycles. The predicted octanol–water partition coefficient (Wildman–Crippen LogP) is 2.76. The molecule has 0 aromatic rings. The zero-order chi connectivity index (χ0) is 16.5. The lowest BCUT2D eigenvalue weighted by Crippen LogP contribution is -2.59. The molecule has 12 atom stereocenters. The van der Waals surface area contributed by atoms with Gasteiger partial charge in [-0.2, -0.15) is 0 Å². The number of hydrogen-bond donors (Lipinski definition) is 2. The first-order valence-electron chi connectivity index (χ1n) is 10.9. The van der Waals surface area contributed by atoms with Gasteiger partial charge in [-0.3, -0.25) is 0 Å². The van der Waals surface area contributed by atoms with Gasteiger partial charge in [-0.05, 0) is 73.0 Å². The van der Waals surface area contributed by atoms with E-state index in [4.69, 9.17) is 4.74 Å². The molecule has 0 aromatic carbocycles. The van der Waals surface area contributed by atoms with Crippen LogP contribution in [-0.2, 0) is 4.74 Å². The molecule has 3 heteroatoms. The number of ether oxygens (including phenoxy) is 1. The third kappa shape index (κ3) is 1.44. The average Bonchev–Trinajstić information content (AvgIpc) is 3.44. The quantitative estimate of drug-likeness (QED) is 0.721. The highest BCUT2D eigenvalue weighted by Gasteiger charge is 2.80. The van der Waals surface area contributed by atoms with Gasteiger partial charge in [0.1, 0.15) is 0 Å². The van der Waals surface area contributed by atoms with Crippen molar-refractivity contribution in [1.29, 1.82) is 0 Å². The van der Waals surface area contributed by atoms with E-state index in [2.05, 4.69) is 12.2 Å². The van der Waals surface area contributed by atoms with Crippen molar-refractivity contribution in [3.63, 3.8) is 0 Å². The highest BCUT2D eigenvalue weighted by Crippen LogP contribution is 2.77. The van der Waals surface area contributed by atoms with E-state index in [1.807, 2.05) is 0 Å². The molecule has 0 radical (unpaired) electrons. The van der Waals surface area contributed by atoms with Gasteiger partial charge in [0.2, 0.25) is 0 Å².